The van der Waals surface area contributed by atoms with Crippen molar-refractivity contribution in [2.45, 2.75) is 38.1 Å². The van der Waals surface area contributed by atoms with Gasteiger partial charge in [-0.3, -0.25) is 4.79 Å². The van der Waals surface area contributed by atoms with Crippen LogP contribution in [-0.4, -0.2) is 25.7 Å². The van der Waals surface area contributed by atoms with Crippen LogP contribution >= 0.6 is 12.4 Å². The average molecular weight is 284 g/mol. The van der Waals surface area contributed by atoms with E-state index in [1.165, 1.54) is 25.5 Å². The summed E-state index contributed by atoms with van der Waals surface area (Å²) in [7, 11) is 1.47. The molecule has 2 rings (SSSR count). The van der Waals surface area contributed by atoms with Gasteiger partial charge in [-0.2, -0.15) is 0 Å². The smallest absolute Gasteiger partial charge is 0.314 e. The second kappa shape index (κ2) is 7.51. The number of methoxy groups -OCH3 is 1. The van der Waals surface area contributed by atoms with Crippen LogP contribution in [0.2, 0.25) is 0 Å². The summed E-state index contributed by atoms with van der Waals surface area (Å²) in [5, 5.41) is 3.45. The minimum Gasteiger partial charge on any atom is -0.469 e. The van der Waals surface area contributed by atoms with E-state index >= 15 is 0 Å². The molecule has 1 fully saturated rings. The van der Waals surface area contributed by atoms with Gasteiger partial charge in [-0.1, -0.05) is 36.2 Å². The minimum atomic E-state index is -0.185. The van der Waals surface area contributed by atoms with E-state index < -0.39 is 0 Å². The van der Waals surface area contributed by atoms with Crippen molar-refractivity contribution in [3.05, 3.63) is 35.4 Å². The Labute approximate surface area is 121 Å². The van der Waals surface area contributed by atoms with E-state index in [0.717, 1.165) is 18.5 Å². The number of aryl methyl sites for hydroxylation is 1. The van der Waals surface area contributed by atoms with Crippen LogP contribution in [0, 0.1) is 6.92 Å². The van der Waals surface area contributed by atoms with Gasteiger partial charge in [-0.05, 0) is 31.9 Å². The summed E-state index contributed by atoms with van der Waals surface area (Å²) in [6.07, 6.45) is 3.41. The molecule has 1 saturated heterocycles. The predicted molar refractivity (Wildman–Crippen MR) is 78.8 cm³/mol. The average Bonchev–Trinajstić information content (AvgIpc) is 2.40. The quantitative estimate of drug-likeness (QED) is 0.867. The molecule has 0 amide bonds. The molecule has 1 aromatic carbocycles. The van der Waals surface area contributed by atoms with E-state index in [4.69, 9.17) is 4.74 Å². The number of carbonyl (C=O) groups excluding carboxylic acids is 1. The number of rotatable bonds is 3. The highest BCUT2D eigenvalue weighted by molar-refractivity contribution is 5.85. The molecule has 2 atom stereocenters. The highest BCUT2D eigenvalue weighted by Gasteiger charge is 2.31. The standard InChI is InChI=1S/C15H21NO2.ClH/c1-11-6-5-7-12(10-11)14(15(17)18-2)13-8-3-4-9-16-13;/h5-7,10,13-14,16H,3-4,8-9H2,1-2H3;1H. The Bertz CT molecular complexity index is 416. The summed E-state index contributed by atoms with van der Waals surface area (Å²) in [6, 6.07) is 8.35. The van der Waals surface area contributed by atoms with Gasteiger partial charge in [0.1, 0.15) is 0 Å². The highest BCUT2D eigenvalue weighted by atomic mass is 35.5. The lowest BCUT2D eigenvalue weighted by Gasteiger charge is -2.30. The summed E-state index contributed by atoms with van der Waals surface area (Å²) in [4.78, 5) is 12.1. The summed E-state index contributed by atoms with van der Waals surface area (Å²) in [5.74, 6) is -0.324. The lowest BCUT2D eigenvalue weighted by Crippen LogP contribution is -2.42. The molecule has 19 heavy (non-hydrogen) atoms. The molecule has 0 saturated carbocycles. The van der Waals surface area contributed by atoms with E-state index in [1.54, 1.807) is 0 Å². The lowest BCUT2D eigenvalue weighted by atomic mass is 9.86. The van der Waals surface area contributed by atoms with Gasteiger partial charge in [0, 0.05) is 6.04 Å². The fourth-order valence-corrected chi connectivity index (χ4v) is 2.69. The number of hydrogen-bond acceptors (Lipinski definition) is 3. The third-order valence-electron chi connectivity index (χ3n) is 3.61. The molecular formula is C15H22ClNO2. The summed E-state index contributed by atoms with van der Waals surface area (Å²) in [5.41, 5.74) is 2.23. The maximum absolute atomic E-state index is 12.1. The van der Waals surface area contributed by atoms with Crippen molar-refractivity contribution in [3.63, 3.8) is 0 Å². The van der Waals surface area contributed by atoms with Crippen molar-refractivity contribution < 1.29 is 9.53 Å². The molecule has 1 aromatic rings. The molecule has 106 valence electrons. The Morgan fingerprint density at radius 1 is 1.42 bits per heavy atom. The topological polar surface area (TPSA) is 38.3 Å². The Morgan fingerprint density at radius 2 is 2.21 bits per heavy atom. The van der Waals surface area contributed by atoms with Gasteiger partial charge >= 0.3 is 5.97 Å². The van der Waals surface area contributed by atoms with Gasteiger partial charge in [0.25, 0.3) is 0 Å². The van der Waals surface area contributed by atoms with Gasteiger partial charge in [0.15, 0.2) is 0 Å². The number of benzene rings is 1. The largest absolute Gasteiger partial charge is 0.469 e. The first-order valence-electron chi connectivity index (χ1n) is 6.60. The zero-order valence-corrected chi connectivity index (χ0v) is 12.3. The molecule has 3 nitrogen and oxygen atoms in total. The van der Waals surface area contributed by atoms with Crippen LogP contribution in [-0.2, 0) is 9.53 Å². The summed E-state index contributed by atoms with van der Waals surface area (Å²) >= 11 is 0. The van der Waals surface area contributed by atoms with E-state index in [1.807, 2.05) is 25.1 Å². The Balaban J connectivity index is 0.00000180. The fraction of sp³-hybridized carbons (Fsp3) is 0.533. The van der Waals surface area contributed by atoms with Crippen molar-refractivity contribution in [1.29, 1.82) is 0 Å². The molecule has 0 spiro atoms. The Kier molecular flexibility index (Phi) is 6.32. The van der Waals surface area contributed by atoms with Crippen LogP contribution in [0.5, 0.6) is 0 Å². The maximum Gasteiger partial charge on any atom is 0.314 e. The second-order valence-corrected chi connectivity index (χ2v) is 4.97. The molecule has 0 radical (unpaired) electrons. The van der Waals surface area contributed by atoms with E-state index in [0.29, 0.717) is 0 Å². The monoisotopic (exact) mass is 283 g/mol. The van der Waals surface area contributed by atoms with Crippen LogP contribution in [0.25, 0.3) is 0 Å². The van der Waals surface area contributed by atoms with Gasteiger partial charge < -0.3 is 10.1 Å². The molecular weight excluding hydrogens is 262 g/mol. The van der Waals surface area contributed by atoms with Gasteiger partial charge in [0.2, 0.25) is 0 Å². The first-order chi connectivity index (χ1) is 8.72. The number of ether oxygens (including phenoxy) is 1. The number of halogens is 1. The van der Waals surface area contributed by atoms with Crippen LogP contribution in [0.4, 0.5) is 0 Å². The SMILES string of the molecule is COC(=O)C(c1cccc(C)c1)C1CCCCN1.Cl. The van der Waals surface area contributed by atoms with E-state index in [2.05, 4.69) is 11.4 Å². The molecule has 0 aliphatic carbocycles. The third-order valence-corrected chi connectivity index (χ3v) is 3.61. The predicted octanol–water partition coefficient (Wildman–Crippen LogP) is 2.82. The van der Waals surface area contributed by atoms with E-state index in [9.17, 15) is 4.79 Å². The zero-order chi connectivity index (χ0) is 13.0. The number of nitrogens with one attached hydrogen (secondary N) is 1. The fourth-order valence-electron chi connectivity index (χ4n) is 2.69. The van der Waals surface area contributed by atoms with Crippen molar-refractivity contribution >= 4 is 18.4 Å². The number of piperidine rings is 1. The zero-order valence-electron chi connectivity index (χ0n) is 11.5. The molecule has 4 heteroatoms. The van der Waals surface area contributed by atoms with Gasteiger partial charge in [-0.15, -0.1) is 12.4 Å². The van der Waals surface area contributed by atoms with Crippen molar-refractivity contribution in [3.8, 4) is 0 Å². The van der Waals surface area contributed by atoms with Crippen LogP contribution in [0.1, 0.15) is 36.3 Å². The Hall–Kier alpha value is -1.06. The Morgan fingerprint density at radius 3 is 2.79 bits per heavy atom. The molecule has 1 N–H and O–H groups in total. The lowest BCUT2D eigenvalue weighted by molar-refractivity contribution is -0.143. The molecule has 0 bridgehead atoms. The second-order valence-electron chi connectivity index (χ2n) is 4.97. The van der Waals surface area contributed by atoms with Crippen molar-refractivity contribution in [2.24, 2.45) is 0 Å². The van der Waals surface area contributed by atoms with Gasteiger partial charge in [-0.25, -0.2) is 0 Å². The summed E-state index contributed by atoms with van der Waals surface area (Å²) in [6.45, 7) is 3.04. The van der Waals surface area contributed by atoms with Crippen LogP contribution < -0.4 is 5.32 Å². The number of carbonyl (C=O) groups is 1. The molecule has 2 unspecified atom stereocenters. The van der Waals surface area contributed by atoms with Crippen LogP contribution in [0.15, 0.2) is 24.3 Å². The maximum atomic E-state index is 12.1. The van der Waals surface area contributed by atoms with E-state index in [-0.39, 0.29) is 30.3 Å². The first-order valence-corrected chi connectivity index (χ1v) is 6.60. The number of hydrogen-bond donors (Lipinski definition) is 1. The molecule has 1 aliphatic rings. The van der Waals surface area contributed by atoms with Crippen LogP contribution in [0.3, 0.4) is 0 Å². The number of esters is 1. The van der Waals surface area contributed by atoms with Crippen molar-refractivity contribution in [2.75, 3.05) is 13.7 Å². The normalized spacial score (nSPS) is 20.2. The van der Waals surface area contributed by atoms with Crippen molar-refractivity contribution in [1.82, 2.24) is 5.32 Å². The minimum absolute atomic E-state index is 0. The van der Waals surface area contributed by atoms with Gasteiger partial charge in [0.05, 0.1) is 13.0 Å². The molecule has 1 aliphatic heterocycles. The summed E-state index contributed by atoms with van der Waals surface area (Å²) < 4.78 is 4.98. The first kappa shape index (κ1) is 16.0. The molecule has 0 aromatic heterocycles. The highest BCUT2D eigenvalue weighted by Crippen LogP contribution is 2.27. The third kappa shape index (κ3) is 3.95. The molecule has 1 heterocycles.